The molecule has 0 bridgehead atoms. The summed E-state index contributed by atoms with van der Waals surface area (Å²) in [4.78, 5) is 0. The zero-order valence-corrected chi connectivity index (χ0v) is 13.4. The van der Waals surface area contributed by atoms with Gasteiger partial charge in [-0.15, -0.1) is 0 Å². The molecule has 2 heterocycles. The van der Waals surface area contributed by atoms with Crippen molar-refractivity contribution in [2.24, 2.45) is 7.05 Å². The second-order valence-corrected chi connectivity index (χ2v) is 5.28. The zero-order chi connectivity index (χ0) is 14.9. The van der Waals surface area contributed by atoms with Gasteiger partial charge in [0, 0.05) is 31.0 Å². The highest BCUT2D eigenvalue weighted by atomic mass is 15.3. The summed E-state index contributed by atoms with van der Waals surface area (Å²) in [6.07, 6.45) is 2.98. The van der Waals surface area contributed by atoms with E-state index in [1.54, 1.807) is 0 Å². The van der Waals surface area contributed by atoms with E-state index in [-0.39, 0.29) is 6.04 Å². The van der Waals surface area contributed by atoms with E-state index in [0.29, 0.717) is 0 Å². The first-order valence-electron chi connectivity index (χ1n) is 7.30. The highest BCUT2D eigenvalue weighted by molar-refractivity contribution is 5.49. The molecule has 0 saturated heterocycles. The third kappa shape index (κ3) is 2.57. The lowest BCUT2D eigenvalue weighted by atomic mass is 10.1. The highest BCUT2D eigenvalue weighted by Gasteiger charge is 2.18. The second kappa shape index (κ2) is 5.69. The third-order valence-electron chi connectivity index (χ3n) is 3.78. The molecule has 1 N–H and O–H groups in total. The van der Waals surface area contributed by atoms with Crippen molar-refractivity contribution in [1.82, 2.24) is 19.6 Å². The van der Waals surface area contributed by atoms with Gasteiger partial charge in [-0.1, -0.05) is 6.92 Å². The minimum Gasteiger partial charge on any atom is -0.376 e. The Bertz CT molecular complexity index is 594. The zero-order valence-electron chi connectivity index (χ0n) is 13.4. The monoisotopic (exact) mass is 275 g/mol. The largest absolute Gasteiger partial charge is 0.376 e. The summed E-state index contributed by atoms with van der Waals surface area (Å²) < 4.78 is 3.93. The summed E-state index contributed by atoms with van der Waals surface area (Å²) in [5.41, 5.74) is 5.86. The molecule has 5 nitrogen and oxygen atoms in total. The fourth-order valence-electron chi connectivity index (χ4n) is 2.87. The average molecular weight is 275 g/mol. The van der Waals surface area contributed by atoms with Crippen LogP contribution in [0.4, 0.5) is 5.69 Å². The molecule has 2 aromatic rings. The van der Waals surface area contributed by atoms with E-state index >= 15 is 0 Å². The number of nitrogens with one attached hydrogen (secondary N) is 1. The van der Waals surface area contributed by atoms with Crippen LogP contribution >= 0.6 is 0 Å². The van der Waals surface area contributed by atoms with Crippen LogP contribution in [-0.2, 0) is 20.0 Å². The standard InChI is InChI=1S/C15H25N5/c1-7-13-14(9-19(6)18-13)16-10(3)15-11(4)17-20(8-2)12(15)5/h9-10,16H,7-8H2,1-6H3. The molecule has 20 heavy (non-hydrogen) atoms. The van der Waals surface area contributed by atoms with Crippen molar-refractivity contribution in [1.29, 1.82) is 0 Å². The van der Waals surface area contributed by atoms with Gasteiger partial charge in [0.1, 0.15) is 0 Å². The van der Waals surface area contributed by atoms with E-state index in [0.717, 1.165) is 30.0 Å². The number of anilines is 1. The predicted molar refractivity (Wildman–Crippen MR) is 82.0 cm³/mol. The van der Waals surface area contributed by atoms with Crippen LogP contribution in [0.25, 0.3) is 0 Å². The van der Waals surface area contributed by atoms with Crippen molar-refractivity contribution < 1.29 is 0 Å². The summed E-state index contributed by atoms with van der Waals surface area (Å²) in [6, 6.07) is 0.227. The van der Waals surface area contributed by atoms with Crippen molar-refractivity contribution >= 4 is 5.69 Å². The molecule has 0 aliphatic rings. The van der Waals surface area contributed by atoms with E-state index in [4.69, 9.17) is 0 Å². The van der Waals surface area contributed by atoms with Crippen molar-refractivity contribution in [3.63, 3.8) is 0 Å². The molecular formula is C15H25N5. The smallest absolute Gasteiger partial charge is 0.0853 e. The van der Waals surface area contributed by atoms with Gasteiger partial charge in [0.15, 0.2) is 0 Å². The van der Waals surface area contributed by atoms with Crippen LogP contribution in [-0.4, -0.2) is 19.6 Å². The number of hydrogen-bond donors (Lipinski definition) is 1. The number of aromatic nitrogens is 4. The predicted octanol–water partition coefficient (Wildman–Crippen LogP) is 2.99. The Balaban J connectivity index is 2.28. The van der Waals surface area contributed by atoms with E-state index in [1.165, 1.54) is 11.3 Å². The molecule has 0 saturated carbocycles. The van der Waals surface area contributed by atoms with Gasteiger partial charge in [-0.05, 0) is 34.1 Å². The van der Waals surface area contributed by atoms with E-state index in [9.17, 15) is 0 Å². The van der Waals surface area contributed by atoms with Crippen LogP contribution < -0.4 is 5.32 Å². The van der Waals surface area contributed by atoms with Gasteiger partial charge in [-0.3, -0.25) is 9.36 Å². The number of hydrogen-bond acceptors (Lipinski definition) is 3. The van der Waals surface area contributed by atoms with Gasteiger partial charge >= 0.3 is 0 Å². The Hall–Kier alpha value is -1.78. The first-order valence-corrected chi connectivity index (χ1v) is 7.30. The number of rotatable bonds is 5. The van der Waals surface area contributed by atoms with E-state index in [1.807, 2.05) is 17.9 Å². The van der Waals surface area contributed by atoms with Crippen molar-refractivity contribution in [2.45, 2.75) is 53.6 Å². The first-order chi connectivity index (χ1) is 9.47. The summed E-state index contributed by atoms with van der Waals surface area (Å²) in [6.45, 7) is 11.6. The molecule has 2 rings (SSSR count). The molecule has 1 atom stereocenters. The SMILES string of the molecule is CCc1nn(C)cc1NC(C)c1c(C)nn(CC)c1C. The van der Waals surface area contributed by atoms with Gasteiger partial charge in [0.25, 0.3) is 0 Å². The number of nitrogens with zero attached hydrogens (tertiary/aromatic N) is 4. The van der Waals surface area contributed by atoms with Gasteiger partial charge in [-0.2, -0.15) is 10.2 Å². The van der Waals surface area contributed by atoms with Crippen LogP contribution in [0, 0.1) is 13.8 Å². The first kappa shape index (κ1) is 14.6. The summed E-state index contributed by atoms with van der Waals surface area (Å²) in [5, 5.41) is 12.7. The average Bonchev–Trinajstić information content (AvgIpc) is 2.89. The van der Waals surface area contributed by atoms with Crippen LogP contribution in [0.2, 0.25) is 0 Å². The molecule has 0 aliphatic heterocycles. The van der Waals surface area contributed by atoms with Crippen LogP contribution in [0.1, 0.15) is 49.5 Å². The summed E-state index contributed by atoms with van der Waals surface area (Å²) in [5.74, 6) is 0. The van der Waals surface area contributed by atoms with Gasteiger partial charge in [0.05, 0.1) is 23.1 Å². The van der Waals surface area contributed by atoms with Crippen molar-refractivity contribution in [2.75, 3.05) is 5.32 Å². The van der Waals surface area contributed by atoms with Crippen LogP contribution in [0.5, 0.6) is 0 Å². The molecule has 1 unspecified atom stereocenters. The third-order valence-corrected chi connectivity index (χ3v) is 3.78. The molecule has 5 heteroatoms. The Morgan fingerprint density at radius 3 is 2.50 bits per heavy atom. The molecule has 0 radical (unpaired) electrons. The molecule has 0 fully saturated rings. The maximum Gasteiger partial charge on any atom is 0.0853 e. The van der Waals surface area contributed by atoms with Gasteiger partial charge in [0.2, 0.25) is 0 Å². The van der Waals surface area contributed by atoms with Gasteiger partial charge in [-0.25, -0.2) is 0 Å². The number of aryl methyl sites for hydroxylation is 4. The molecule has 110 valence electrons. The van der Waals surface area contributed by atoms with Crippen LogP contribution in [0.3, 0.4) is 0 Å². The van der Waals surface area contributed by atoms with Gasteiger partial charge < -0.3 is 5.32 Å². The summed E-state index contributed by atoms with van der Waals surface area (Å²) in [7, 11) is 1.96. The maximum atomic E-state index is 4.59. The summed E-state index contributed by atoms with van der Waals surface area (Å²) >= 11 is 0. The lowest BCUT2D eigenvalue weighted by molar-refractivity contribution is 0.632. The molecule has 0 aliphatic carbocycles. The van der Waals surface area contributed by atoms with Crippen LogP contribution in [0.15, 0.2) is 6.20 Å². The Morgan fingerprint density at radius 2 is 1.95 bits per heavy atom. The minimum absolute atomic E-state index is 0.227. The lowest BCUT2D eigenvalue weighted by Crippen LogP contribution is -2.10. The fraction of sp³-hybridized carbons (Fsp3) is 0.600. The molecular weight excluding hydrogens is 250 g/mol. The Morgan fingerprint density at radius 1 is 1.25 bits per heavy atom. The molecule has 0 spiro atoms. The van der Waals surface area contributed by atoms with Crippen molar-refractivity contribution in [3.8, 4) is 0 Å². The highest BCUT2D eigenvalue weighted by Crippen LogP contribution is 2.26. The lowest BCUT2D eigenvalue weighted by Gasteiger charge is -2.16. The maximum absolute atomic E-state index is 4.59. The Kier molecular flexibility index (Phi) is 4.16. The van der Waals surface area contributed by atoms with Crippen molar-refractivity contribution in [3.05, 3.63) is 28.8 Å². The normalized spacial score (nSPS) is 12.7. The molecule has 2 aromatic heterocycles. The second-order valence-electron chi connectivity index (χ2n) is 5.28. The molecule has 0 amide bonds. The van der Waals surface area contributed by atoms with E-state index < -0.39 is 0 Å². The molecule has 0 aromatic carbocycles. The minimum atomic E-state index is 0.227. The topological polar surface area (TPSA) is 47.7 Å². The fourth-order valence-corrected chi connectivity index (χ4v) is 2.87. The van der Waals surface area contributed by atoms with E-state index in [2.05, 4.69) is 54.8 Å². The Labute approximate surface area is 121 Å². The quantitative estimate of drug-likeness (QED) is 0.912.